The van der Waals surface area contributed by atoms with Gasteiger partial charge in [-0.3, -0.25) is 9.88 Å². The summed E-state index contributed by atoms with van der Waals surface area (Å²) in [6.07, 6.45) is 3.72. The van der Waals surface area contributed by atoms with E-state index in [1.165, 1.54) is 5.56 Å². The van der Waals surface area contributed by atoms with Crippen LogP contribution < -0.4 is 5.73 Å². The minimum absolute atomic E-state index is 0.417. The van der Waals surface area contributed by atoms with Crippen LogP contribution in [0.2, 0.25) is 0 Å². The first-order valence-corrected chi connectivity index (χ1v) is 6.26. The van der Waals surface area contributed by atoms with Gasteiger partial charge >= 0.3 is 0 Å². The molecule has 2 heterocycles. The van der Waals surface area contributed by atoms with Crippen LogP contribution in [-0.2, 0) is 0 Å². The molecule has 17 heavy (non-hydrogen) atoms. The monoisotopic (exact) mass is 234 g/mol. The molecule has 1 aromatic heterocycles. The fraction of sp³-hybridized carbons (Fsp3) is 0.615. The lowest BCUT2D eigenvalue weighted by Crippen LogP contribution is -2.55. The molecule has 2 unspecified atom stereocenters. The van der Waals surface area contributed by atoms with Crippen molar-refractivity contribution in [3.8, 4) is 0 Å². The van der Waals surface area contributed by atoms with Crippen molar-refractivity contribution in [3.63, 3.8) is 0 Å². The number of nitrogens with zero attached hydrogens (tertiary/aromatic N) is 3. The molecule has 0 spiro atoms. The summed E-state index contributed by atoms with van der Waals surface area (Å²) in [4.78, 5) is 8.94. The summed E-state index contributed by atoms with van der Waals surface area (Å²) in [6.45, 7) is 6.24. The largest absolute Gasteiger partial charge is 0.329 e. The second-order valence-electron chi connectivity index (χ2n) is 4.85. The van der Waals surface area contributed by atoms with Gasteiger partial charge in [0.05, 0.1) is 0 Å². The third-order valence-corrected chi connectivity index (χ3v) is 3.69. The predicted octanol–water partition coefficient (Wildman–Crippen LogP) is 0.717. The van der Waals surface area contributed by atoms with E-state index in [0.29, 0.717) is 12.1 Å². The van der Waals surface area contributed by atoms with Crippen LogP contribution in [0.4, 0.5) is 0 Å². The van der Waals surface area contributed by atoms with E-state index in [1.54, 1.807) is 0 Å². The zero-order valence-corrected chi connectivity index (χ0v) is 10.7. The van der Waals surface area contributed by atoms with E-state index in [4.69, 9.17) is 5.73 Å². The molecule has 1 aliphatic heterocycles. The Bertz CT molecular complexity index is 341. The highest BCUT2D eigenvalue weighted by atomic mass is 15.3. The van der Waals surface area contributed by atoms with Gasteiger partial charge in [-0.25, -0.2) is 0 Å². The quantitative estimate of drug-likeness (QED) is 0.837. The number of nitrogens with two attached hydrogens (primary N) is 1. The van der Waals surface area contributed by atoms with Gasteiger partial charge in [-0.2, -0.15) is 0 Å². The molecule has 2 atom stereocenters. The molecule has 4 nitrogen and oxygen atoms in total. The number of hydrogen-bond acceptors (Lipinski definition) is 4. The summed E-state index contributed by atoms with van der Waals surface area (Å²) in [5.41, 5.74) is 7.21. The van der Waals surface area contributed by atoms with Crippen LogP contribution in [0.1, 0.15) is 18.5 Å². The standard InChI is InChI=1S/C13H22N4/c1-11(12-3-5-15-6-4-12)17-8-7-16(2)10-13(17)9-14/h3-6,11,13H,7-10,14H2,1-2H3. The first-order valence-electron chi connectivity index (χ1n) is 6.26. The van der Waals surface area contributed by atoms with Crippen molar-refractivity contribution in [2.45, 2.75) is 19.0 Å². The van der Waals surface area contributed by atoms with Gasteiger partial charge in [0.25, 0.3) is 0 Å². The molecule has 0 aliphatic carbocycles. The molecule has 0 amide bonds. The van der Waals surface area contributed by atoms with Crippen molar-refractivity contribution in [1.29, 1.82) is 0 Å². The summed E-state index contributed by atoms with van der Waals surface area (Å²) in [7, 11) is 2.16. The molecule has 1 fully saturated rings. The van der Waals surface area contributed by atoms with E-state index in [-0.39, 0.29) is 0 Å². The van der Waals surface area contributed by atoms with E-state index < -0.39 is 0 Å². The second kappa shape index (κ2) is 5.58. The maximum Gasteiger partial charge on any atom is 0.0352 e. The maximum absolute atomic E-state index is 5.89. The summed E-state index contributed by atoms with van der Waals surface area (Å²) in [5, 5.41) is 0. The summed E-state index contributed by atoms with van der Waals surface area (Å²) in [6, 6.07) is 5.06. The van der Waals surface area contributed by atoms with E-state index in [0.717, 1.165) is 26.2 Å². The molecule has 0 saturated carbocycles. The Labute approximate surface area is 103 Å². The molecule has 94 valence electrons. The summed E-state index contributed by atoms with van der Waals surface area (Å²) >= 11 is 0. The average Bonchev–Trinajstić information content (AvgIpc) is 2.39. The van der Waals surface area contributed by atoms with Crippen LogP contribution >= 0.6 is 0 Å². The van der Waals surface area contributed by atoms with E-state index in [1.807, 2.05) is 12.4 Å². The maximum atomic E-state index is 5.89. The number of aromatic nitrogens is 1. The van der Waals surface area contributed by atoms with Gasteiger partial charge in [-0.1, -0.05) is 0 Å². The third-order valence-electron chi connectivity index (χ3n) is 3.69. The molecule has 2 N–H and O–H groups in total. The van der Waals surface area contributed by atoms with E-state index in [2.05, 4.69) is 40.9 Å². The van der Waals surface area contributed by atoms with Crippen molar-refractivity contribution in [1.82, 2.24) is 14.8 Å². The SMILES string of the molecule is CC(c1ccncc1)N1CCN(C)CC1CN. The fourth-order valence-electron chi connectivity index (χ4n) is 2.58. The molecule has 2 rings (SSSR count). The third kappa shape index (κ3) is 2.83. The van der Waals surface area contributed by atoms with Gasteiger partial charge in [-0.15, -0.1) is 0 Å². The normalized spacial score (nSPS) is 24.8. The first kappa shape index (κ1) is 12.5. The van der Waals surface area contributed by atoms with Gasteiger partial charge in [0, 0.05) is 50.7 Å². The van der Waals surface area contributed by atoms with Gasteiger partial charge in [0.1, 0.15) is 0 Å². The molecule has 1 saturated heterocycles. The number of pyridine rings is 1. The lowest BCUT2D eigenvalue weighted by Gasteiger charge is -2.43. The number of likely N-dealkylation sites (N-methyl/N-ethyl adjacent to an activating group) is 1. The number of piperazine rings is 1. The lowest BCUT2D eigenvalue weighted by molar-refractivity contribution is 0.0621. The molecule has 0 bridgehead atoms. The Morgan fingerprint density at radius 2 is 2.12 bits per heavy atom. The van der Waals surface area contributed by atoms with Crippen molar-refractivity contribution >= 4 is 0 Å². The van der Waals surface area contributed by atoms with Gasteiger partial charge in [-0.05, 0) is 31.7 Å². The van der Waals surface area contributed by atoms with E-state index in [9.17, 15) is 0 Å². The lowest BCUT2D eigenvalue weighted by atomic mass is 10.0. The van der Waals surface area contributed by atoms with Crippen molar-refractivity contribution in [2.24, 2.45) is 5.73 Å². The first-order chi connectivity index (χ1) is 8.22. The summed E-state index contributed by atoms with van der Waals surface area (Å²) < 4.78 is 0. The topological polar surface area (TPSA) is 45.4 Å². The van der Waals surface area contributed by atoms with Crippen LogP contribution in [-0.4, -0.2) is 54.1 Å². The Balaban J connectivity index is 2.10. The molecule has 1 aromatic rings. The Morgan fingerprint density at radius 1 is 1.41 bits per heavy atom. The smallest absolute Gasteiger partial charge is 0.0352 e. The highest BCUT2D eigenvalue weighted by Gasteiger charge is 2.28. The molecular weight excluding hydrogens is 212 g/mol. The highest BCUT2D eigenvalue weighted by Crippen LogP contribution is 2.23. The van der Waals surface area contributed by atoms with Gasteiger partial charge in [0.2, 0.25) is 0 Å². The predicted molar refractivity (Wildman–Crippen MR) is 69.7 cm³/mol. The van der Waals surface area contributed by atoms with Gasteiger partial charge in [0.15, 0.2) is 0 Å². The minimum atomic E-state index is 0.417. The van der Waals surface area contributed by atoms with Crippen molar-refractivity contribution in [3.05, 3.63) is 30.1 Å². The van der Waals surface area contributed by atoms with Crippen LogP contribution in [0.15, 0.2) is 24.5 Å². The Morgan fingerprint density at radius 3 is 2.76 bits per heavy atom. The molecule has 0 aromatic carbocycles. The Hall–Kier alpha value is -0.970. The van der Waals surface area contributed by atoms with Gasteiger partial charge < -0.3 is 10.6 Å². The molecule has 0 radical (unpaired) electrons. The van der Waals surface area contributed by atoms with Crippen LogP contribution in [0, 0.1) is 0 Å². The van der Waals surface area contributed by atoms with Crippen molar-refractivity contribution < 1.29 is 0 Å². The average molecular weight is 234 g/mol. The zero-order chi connectivity index (χ0) is 12.3. The highest BCUT2D eigenvalue weighted by molar-refractivity contribution is 5.15. The Kier molecular flexibility index (Phi) is 4.10. The fourth-order valence-corrected chi connectivity index (χ4v) is 2.58. The van der Waals surface area contributed by atoms with Crippen LogP contribution in [0.3, 0.4) is 0 Å². The minimum Gasteiger partial charge on any atom is -0.329 e. The number of rotatable bonds is 3. The molecule has 1 aliphatic rings. The molecule has 4 heteroatoms. The number of hydrogen-bond donors (Lipinski definition) is 1. The zero-order valence-electron chi connectivity index (χ0n) is 10.7. The van der Waals surface area contributed by atoms with Crippen LogP contribution in [0.25, 0.3) is 0 Å². The van der Waals surface area contributed by atoms with E-state index >= 15 is 0 Å². The summed E-state index contributed by atoms with van der Waals surface area (Å²) in [5.74, 6) is 0. The van der Waals surface area contributed by atoms with Crippen LogP contribution in [0.5, 0.6) is 0 Å². The second-order valence-corrected chi connectivity index (χ2v) is 4.85. The van der Waals surface area contributed by atoms with Crippen molar-refractivity contribution in [2.75, 3.05) is 33.2 Å². The molecular formula is C13H22N4.